The van der Waals surface area contributed by atoms with E-state index in [9.17, 15) is 0 Å². The zero-order valence-electron chi connectivity index (χ0n) is 9.97. The van der Waals surface area contributed by atoms with Crippen molar-refractivity contribution in [2.45, 2.75) is 13.5 Å². The molecule has 0 saturated carbocycles. The Morgan fingerprint density at radius 2 is 2.18 bits per heavy atom. The number of aryl methyl sites for hydroxylation is 1. The minimum atomic E-state index is 0.569. The largest absolute Gasteiger partial charge is 0.439 e. The van der Waals surface area contributed by atoms with Crippen molar-refractivity contribution in [3.05, 3.63) is 47.9 Å². The van der Waals surface area contributed by atoms with Gasteiger partial charge in [0.2, 0.25) is 5.88 Å². The van der Waals surface area contributed by atoms with Gasteiger partial charge >= 0.3 is 0 Å². The second-order valence-corrected chi connectivity index (χ2v) is 3.72. The van der Waals surface area contributed by atoms with Gasteiger partial charge in [0.25, 0.3) is 0 Å². The first-order valence-corrected chi connectivity index (χ1v) is 5.49. The Morgan fingerprint density at radius 3 is 2.94 bits per heavy atom. The summed E-state index contributed by atoms with van der Waals surface area (Å²) in [5.41, 5.74) is 1.18. The second-order valence-electron chi connectivity index (χ2n) is 3.72. The third-order valence-electron chi connectivity index (χ3n) is 2.25. The van der Waals surface area contributed by atoms with Crippen molar-refractivity contribution in [3.8, 4) is 11.6 Å². The van der Waals surface area contributed by atoms with E-state index < -0.39 is 0 Å². The highest BCUT2D eigenvalue weighted by Crippen LogP contribution is 2.20. The summed E-state index contributed by atoms with van der Waals surface area (Å²) in [5, 5.41) is 3.10. The van der Waals surface area contributed by atoms with Crippen LogP contribution in [0.1, 0.15) is 11.4 Å². The van der Waals surface area contributed by atoms with E-state index in [2.05, 4.69) is 21.4 Å². The molecule has 0 radical (unpaired) electrons. The van der Waals surface area contributed by atoms with E-state index in [1.165, 1.54) is 5.56 Å². The number of nitrogens with zero attached hydrogens (tertiary/aromatic N) is 2. The Balaban J connectivity index is 2.15. The summed E-state index contributed by atoms with van der Waals surface area (Å²) in [6.07, 6.45) is 1.69. The average Bonchev–Trinajstić information content (AvgIpc) is 2.30. The maximum absolute atomic E-state index is 5.67. The fourth-order valence-corrected chi connectivity index (χ4v) is 1.54. The average molecular weight is 229 g/mol. The van der Waals surface area contributed by atoms with E-state index in [1.54, 1.807) is 12.3 Å². The van der Waals surface area contributed by atoms with Gasteiger partial charge in [-0.05, 0) is 31.7 Å². The number of rotatable bonds is 4. The van der Waals surface area contributed by atoms with E-state index >= 15 is 0 Å². The molecule has 0 atom stereocenters. The summed E-state index contributed by atoms with van der Waals surface area (Å²) in [4.78, 5) is 8.22. The van der Waals surface area contributed by atoms with Gasteiger partial charge in [0.1, 0.15) is 11.6 Å². The van der Waals surface area contributed by atoms with E-state index in [4.69, 9.17) is 4.74 Å². The van der Waals surface area contributed by atoms with Crippen LogP contribution in [0.4, 0.5) is 0 Å². The first kappa shape index (κ1) is 11.5. The molecule has 1 aromatic carbocycles. The highest BCUT2D eigenvalue weighted by Gasteiger charge is 2.00. The van der Waals surface area contributed by atoms with Crippen LogP contribution in [0.3, 0.4) is 0 Å². The van der Waals surface area contributed by atoms with E-state index in [0.717, 1.165) is 12.3 Å². The molecule has 4 heteroatoms. The molecule has 2 aromatic rings. The van der Waals surface area contributed by atoms with Crippen molar-refractivity contribution in [2.75, 3.05) is 7.05 Å². The quantitative estimate of drug-likeness (QED) is 0.873. The van der Waals surface area contributed by atoms with Crippen LogP contribution in [-0.4, -0.2) is 17.0 Å². The molecule has 4 nitrogen and oxygen atoms in total. The number of benzene rings is 1. The maximum Gasteiger partial charge on any atom is 0.222 e. The summed E-state index contributed by atoms with van der Waals surface area (Å²) < 4.78 is 5.67. The molecular formula is C13H15N3O. The van der Waals surface area contributed by atoms with Crippen LogP contribution in [0, 0.1) is 6.92 Å². The number of hydrogen-bond acceptors (Lipinski definition) is 4. The van der Waals surface area contributed by atoms with Crippen LogP contribution in [0.2, 0.25) is 0 Å². The lowest BCUT2D eigenvalue weighted by Crippen LogP contribution is -2.04. The van der Waals surface area contributed by atoms with Gasteiger partial charge in [-0.15, -0.1) is 0 Å². The topological polar surface area (TPSA) is 47.0 Å². The van der Waals surface area contributed by atoms with Gasteiger partial charge in [0, 0.05) is 18.8 Å². The highest BCUT2D eigenvalue weighted by atomic mass is 16.5. The number of aromatic nitrogens is 2. The van der Waals surface area contributed by atoms with Crippen molar-refractivity contribution >= 4 is 0 Å². The predicted molar refractivity (Wildman–Crippen MR) is 66.0 cm³/mol. The molecule has 0 unspecified atom stereocenters. The molecule has 1 heterocycles. The highest BCUT2D eigenvalue weighted by molar-refractivity contribution is 5.31. The van der Waals surface area contributed by atoms with Gasteiger partial charge in [0.05, 0.1) is 0 Å². The summed E-state index contributed by atoms with van der Waals surface area (Å²) in [5.74, 6) is 2.06. The molecule has 88 valence electrons. The van der Waals surface area contributed by atoms with Gasteiger partial charge in [-0.2, -0.15) is 4.98 Å². The minimum absolute atomic E-state index is 0.569. The SMILES string of the molecule is CNCc1cccc(Oc2ccnc(C)n2)c1. The van der Waals surface area contributed by atoms with E-state index in [-0.39, 0.29) is 0 Å². The normalized spacial score (nSPS) is 10.2. The molecule has 2 rings (SSSR count). The smallest absolute Gasteiger partial charge is 0.222 e. The fourth-order valence-electron chi connectivity index (χ4n) is 1.54. The molecule has 1 aromatic heterocycles. The van der Waals surface area contributed by atoms with Crippen molar-refractivity contribution in [3.63, 3.8) is 0 Å². The zero-order valence-corrected chi connectivity index (χ0v) is 9.97. The van der Waals surface area contributed by atoms with Gasteiger partial charge in [-0.25, -0.2) is 4.98 Å². The Bertz CT molecular complexity index is 500. The second kappa shape index (κ2) is 5.41. The Hall–Kier alpha value is -1.94. The Kier molecular flexibility index (Phi) is 3.67. The van der Waals surface area contributed by atoms with Gasteiger partial charge in [0.15, 0.2) is 0 Å². The lowest BCUT2D eigenvalue weighted by Gasteiger charge is -2.06. The van der Waals surface area contributed by atoms with E-state index in [0.29, 0.717) is 11.7 Å². The first-order valence-electron chi connectivity index (χ1n) is 5.49. The molecule has 0 aliphatic rings. The number of hydrogen-bond donors (Lipinski definition) is 1. The Morgan fingerprint density at radius 1 is 1.29 bits per heavy atom. The monoisotopic (exact) mass is 229 g/mol. The Labute approximate surface area is 101 Å². The van der Waals surface area contributed by atoms with Gasteiger partial charge < -0.3 is 10.1 Å². The fraction of sp³-hybridized carbons (Fsp3) is 0.231. The summed E-state index contributed by atoms with van der Waals surface area (Å²) >= 11 is 0. The third kappa shape index (κ3) is 3.26. The molecule has 0 fully saturated rings. The lowest BCUT2D eigenvalue weighted by molar-refractivity contribution is 0.459. The third-order valence-corrected chi connectivity index (χ3v) is 2.25. The van der Waals surface area contributed by atoms with Crippen LogP contribution >= 0.6 is 0 Å². The number of ether oxygens (including phenoxy) is 1. The molecule has 0 bridgehead atoms. The molecule has 1 N–H and O–H groups in total. The molecule has 0 spiro atoms. The molecule has 0 saturated heterocycles. The lowest BCUT2D eigenvalue weighted by atomic mass is 10.2. The molecule has 0 aliphatic carbocycles. The van der Waals surface area contributed by atoms with E-state index in [1.807, 2.05) is 32.2 Å². The van der Waals surface area contributed by atoms with Crippen molar-refractivity contribution in [2.24, 2.45) is 0 Å². The molecular weight excluding hydrogens is 214 g/mol. The zero-order chi connectivity index (χ0) is 12.1. The van der Waals surface area contributed by atoms with Crippen LogP contribution < -0.4 is 10.1 Å². The molecule has 0 amide bonds. The first-order chi connectivity index (χ1) is 8.28. The summed E-state index contributed by atoms with van der Waals surface area (Å²) in [6.45, 7) is 2.66. The molecule has 0 aliphatic heterocycles. The van der Waals surface area contributed by atoms with Crippen molar-refractivity contribution < 1.29 is 4.74 Å². The molecule has 17 heavy (non-hydrogen) atoms. The van der Waals surface area contributed by atoms with Crippen LogP contribution in [-0.2, 0) is 6.54 Å². The van der Waals surface area contributed by atoms with Crippen molar-refractivity contribution in [1.29, 1.82) is 0 Å². The van der Waals surface area contributed by atoms with Crippen LogP contribution in [0.25, 0.3) is 0 Å². The summed E-state index contributed by atoms with van der Waals surface area (Å²) in [7, 11) is 1.92. The van der Waals surface area contributed by atoms with Crippen LogP contribution in [0.5, 0.6) is 11.6 Å². The van der Waals surface area contributed by atoms with Gasteiger partial charge in [-0.3, -0.25) is 0 Å². The number of nitrogens with one attached hydrogen (secondary N) is 1. The maximum atomic E-state index is 5.67. The van der Waals surface area contributed by atoms with Crippen molar-refractivity contribution in [1.82, 2.24) is 15.3 Å². The van der Waals surface area contributed by atoms with Gasteiger partial charge in [-0.1, -0.05) is 12.1 Å². The summed E-state index contributed by atoms with van der Waals surface area (Å²) in [6, 6.07) is 9.67. The standard InChI is InChI=1S/C13H15N3O/c1-10-15-7-6-13(16-10)17-12-5-3-4-11(8-12)9-14-2/h3-8,14H,9H2,1-2H3. The minimum Gasteiger partial charge on any atom is -0.439 e. The van der Waals surface area contributed by atoms with Crippen LogP contribution in [0.15, 0.2) is 36.5 Å². The predicted octanol–water partition coefficient (Wildman–Crippen LogP) is 2.30.